The first-order chi connectivity index (χ1) is 9.72. The quantitative estimate of drug-likeness (QED) is 0.756. The van der Waals surface area contributed by atoms with Crippen molar-refractivity contribution in [1.82, 2.24) is 10.2 Å². The maximum atomic E-state index is 11.8. The van der Waals surface area contributed by atoms with Gasteiger partial charge in [0, 0.05) is 13.0 Å². The third kappa shape index (κ3) is 3.62. The fourth-order valence-electron chi connectivity index (χ4n) is 2.49. The second-order valence-corrected chi connectivity index (χ2v) is 5.03. The standard InChI is InChI=1S/C15H21N3O2/c1-2-6-12(16)15(19)17-11-13(14-7-5-10-20-14)18-8-3-4-9-18/h1,5,7,10,12-13H,3-4,6,8-9,11,16H2,(H,17,19). The van der Waals surface area contributed by atoms with E-state index in [1.54, 1.807) is 6.26 Å². The average molecular weight is 275 g/mol. The molecule has 0 aliphatic carbocycles. The van der Waals surface area contributed by atoms with Crippen molar-refractivity contribution in [1.29, 1.82) is 0 Å². The smallest absolute Gasteiger partial charge is 0.237 e. The van der Waals surface area contributed by atoms with Gasteiger partial charge >= 0.3 is 0 Å². The Hall–Kier alpha value is -1.77. The lowest BCUT2D eigenvalue weighted by atomic mass is 10.1. The molecule has 1 saturated heterocycles. The third-order valence-corrected chi connectivity index (χ3v) is 3.60. The molecular weight excluding hydrogens is 254 g/mol. The molecule has 1 aromatic heterocycles. The Morgan fingerprint density at radius 3 is 2.90 bits per heavy atom. The molecule has 1 amide bonds. The van der Waals surface area contributed by atoms with Gasteiger partial charge in [-0.3, -0.25) is 9.69 Å². The minimum absolute atomic E-state index is 0.0643. The summed E-state index contributed by atoms with van der Waals surface area (Å²) in [4.78, 5) is 14.2. The minimum atomic E-state index is -0.643. The summed E-state index contributed by atoms with van der Waals surface area (Å²) < 4.78 is 5.49. The van der Waals surface area contributed by atoms with E-state index in [4.69, 9.17) is 16.6 Å². The molecule has 1 fully saturated rings. The van der Waals surface area contributed by atoms with Crippen molar-refractivity contribution in [2.75, 3.05) is 19.6 Å². The highest BCUT2D eigenvalue weighted by Crippen LogP contribution is 2.24. The lowest BCUT2D eigenvalue weighted by Crippen LogP contribution is -2.44. The van der Waals surface area contributed by atoms with Gasteiger partial charge in [0.1, 0.15) is 5.76 Å². The first-order valence-electron chi connectivity index (χ1n) is 6.96. The number of carbonyl (C=O) groups is 1. The molecule has 2 heterocycles. The molecule has 3 N–H and O–H groups in total. The van der Waals surface area contributed by atoms with E-state index < -0.39 is 6.04 Å². The second-order valence-electron chi connectivity index (χ2n) is 5.03. The number of nitrogens with one attached hydrogen (secondary N) is 1. The summed E-state index contributed by atoms with van der Waals surface area (Å²) in [5, 5.41) is 2.87. The molecule has 2 unspecified atom stereocenters. The van der Waals surface area contributed by atoms with Crippen molar-refractivity contribution < 1.29 is 9.21 Å². The number of nitrogens with two attached hydrogens (primary N) is 1. The molecule has 20 heavy (non-hydrogen) atoms. The Balaban J connectivity index is 1.95. The largest absolute Gasteiger partial charge is 0.468 e. The van der Waals surface area contributed by atoms with Crippen LogP contribution in [0.2, 0.25) is 0 Å². The van der Waals surface area contributed by atoms with Crippen molar-refractivity contribution in [3.05, 3.63) is 24.2 Å². The van der Waals surface area contributed by atoms with Crippen LogP contribution < -0.4 is 11.1 Å². The number of likely N-dealkylation sites (tertiary alicyclic amines) is 1. The number of terminal acetylenes is 1. The predicted octanol–water partition coefficient (Wildman–Crippen LogP) is 0.883. The summed E-state index contributed by atoms with van der Waals surface area (Å²) in [5.41, 5.74) is 5.69. The third-order valence-electron chi connectivity index (χ3n) is 3.60. The zero-order valence-electron chi connectivity index (χ0n) is 11.5. The Morgan fingerprint density at radius 1 is 1.55 bits per heavy atom. The van der Waals surface area contributed by atoms with Crippen molar-refractivity contribution >= 4 is 5.91 Å². The van der Waals surface area contributed by atoms with E-state index in [1.165, 1.54) is 12.8 Å². The second kappa shape index (κ2) is 7.13. The van der Waals surface area contributed by atoms with Crippen LogP contribution in [-0.2, 0) is 4.79 Å². The SMILES string of the molecule is C#CCC(N)C(=O)NCC(c1ccco1)N1CCCC1. The summed E-state index contributed by atoms with van der Waals surface area (Å²) in [6.45, 7) is 2.54. The van der Waals surface area contributed by atoms with Gasteiger partial charge in [-0.2, -0.15) is 0 Å². The molecule has 0 saturated carbocycles. The number of carbonyl (C=O) groups excluding carboxylic acids is 1. The van der Waals surface area contributed by atoms with Gasteiger partial charge in [-0.05, 0) is 38.1 Å². The van der Waals surface area contributed by atoms with Gasteiger partial charge in [-0.15, -0.1) is 12.3 Å². The molecule has 0 radical (unpaired) electrons. The number of furan rings is 1. The van der Waals surface area contributed by atoms with Gasteiger partial charge in [0.2, 0.25) is 5.91 Å². The fraction of sp³-hybridized carbons (Fsp3) is 0.533. The van der Waals surface area contributed by atoms with Crippen molar-refractivity contribution in [2.45, 2.75) is 31.3 Å². The van der Waals surface area contributed by atoms with Crippen LogP contribution in [0.1, 0.15) is 31.1 Å². The zero-order chi connectivity index (χ0) is 14.4. The monoisotopic (exact) mass is 275 g/mol. The van der Waals surface area contributed by atoms with Gasteiger partial charge in [-0.1, -0.05) is 0 Å². The minimum Gasteiger partial charge on any atom is -0.468 e. The molecule has 2 rings (SSSR count). The van der Waals surface area contributed by atoms with Gasteiger partial charge in [-0.25, -0.2) is 0 Å². The number of rotatable bonds is 6. The fourth-order valence-corrected chi connectivity index (χ4v) is 2.49. The van der Waals surface area contributed by atoms with E-state index in [0.717, 1.165) is 18.8 Å². The Morgan fingerprint density at radius 2 is 2.30 bits per heavy atom. The summed E-state index contributed by atoms with van der Waals surface area (Å²) in [6.07, 6.45) is 9.44. The van der Waals surface area contributed by atoms with Crippen molar-refractivity contribution in [3.63, 3.8) is 0 Å². The van der Waals surface area contributed by atoms with Crippen LogP contribution in [0.25, 0.3) is 0 Å². The molecule has 5 heteroatoms. The van der Waals surface area contributed by atoms with Gasteiger partial charge in [0.15, 0.2) is 0 Å². The lowest BCUT2D eigenvalue weighted by Gasteiger charge is -2.26. The highest BCUT2D eigenvalue weighted by molar-refractivity contribution is 5.81. The van der Waals surface area contributed by atoms with Crippen LogP contribution in [0.5, 0.6) is 0 Å². The van der Waals surface area contributed by atoms with E-state index in [9.17, 15) is 4.79 Å². The maximum absolute atomic E-state index is 11.8. The summed E-state index contributed by atoms with van der Waals surface area (Å²) in [5.74, 6) is 3.07. The summed E-state index contributed by atoms with van der Waals surface area (Å²) >= 11 is 0. The molecule has 5 nitrogen and oxygen atoms in total. The maximum Gasteiger partial charge on any atom is 0.237 e. The topological polar surface area (TPSA) is 71.5 Å². The van der Waals surface area contributed by atoms with E-state index in [1.807, 2.05) is 12.1 Å². The van der Waals surface area contributed by atoms with Crippen LogP contribution in [0.3, 0.4) is 0 Å². The number of nitrogens with zero attached hydrogens (tertiary/aromatic N) is 1. The lowest BCUT2D eigenvalue weighted by molar-refractivity contribution is -0.122. The number of hydrogen-bond donors (Lipinski definition) is 2. The first kappa shape index (κ1) is 14.6. The number of hydrogen-bond acceptors (Lipinski definition) is 4. The average Bonchev–Trinajstić information content (AvgIpc) is 3.12. The molecule has 1 aliphatic rings. The van der Waals surface area contributed by atoms with Gasteiger partial charge < -0.3 is 15.5 Å². The molecule has 108 valence electrons. The Bertz CT molecular complexity index is 458. The zero-order valence-corrected chi connectivity index (χ0v) is 11.5. The highest BCUT2D eigenvalue weighted by atomic mass is 16.3. The van der Waals surface area contributed by atoms with Gasteiger partial charge in [0.25, 0.3) is 0 Å². The van der Waals surface area contributed by atoms with E-state index in [0.29, 0.717) is 6.54 Å². The van der Waals surface area contributed by atoms with Crippen LogP contribution in [-0.4, -0.2) is 36.5 Å². The van der Waals surface area contributed by atoms with Crippen LogP contribution in [0.15, 0.2) is 22.8 Å². The van der Waals surface area contributed by atoms with Crippen molar-refractivity contribution in [2.24, 2.45) is 5.73 Å². The molecule has 0 bridgehead atoms. The Labute approximate surface area is 119 Å². The highest BCUT2D eigenvalue weighted by Gasteiger charge is 2.26. The summed E-state index contributed by atoms with van der Waals surface area (Å²) in [7, 11) is 0. The van der Waals surface area contributed by atoms with E-state index >= 15 is 0 Å². The van der Waals surface area contributed by atoms with Crippen molar-refractivity contribution in [3.8, 4) is 12.3 Å². The van der Waals surface area contributed by atoms with E-state index in [2.05, 4.69) is 16.1 Å². The Kier molecular flexibility index (Phi) is 5.22. The number of amides is 1. The molecule has 0 aromatic carbocycles. The normalized spacial score (nSPS) is 18.4. The predicted molar refractivity (Wildman–Crippen MR) is 76.7 cm³/mol. The van der Waals surface area contributed by atoms with Gasteiger partial charge in [0.05, 0.1) is 18.3 Å². The molecule has 1 aliphatic heterocycles. The van der Waals surface area contributed by atoms with Crippen LogP contribution >= 0.6 is 0 Å². The first-order valence-corrected chi connectivity index (χ1v) is 6.96. The van der Waals surface area contributed by atoms with E-state index in [-0.39, 0.29) is 18.4 Å². The molecule has 1 aromatic rings. The molecule has 2 atom stereocenters. The summed E-state index contributed by atoms with van der Waals surface area (Å²) in [6, 6.07) is 3.23. The molecule has 0 spiro atoms. The molecular formula is C15H21N3O2. The van der Waals surface area contributed by atoms with Crippen LogP contribution in [0.4, 0.5) is 0 Å². The van der Waals surface area contributed by atoms with Crippen LogP contribution in [0, 0.1) is 12.3 Å².